The largest absolute Gasteiger partial charge is 0.399 e. The van der Waals surface area contributed by atoms with E-state index in [1.807, 2.05) is 24.3 Å². The molecule has 0 radical (unpaired) electrons. The van der Waals surface area contributed by atoms with Crippen molar-refractivity contribution in [3.63, 3.8) is 0 Å². The van der Waals surface area contributed by atoms with Gasteiger partial charge in [-0.3, -0.25) is 0 Å². The van der Waals surface area contributed by atoms with E-state index in [4.69, 9.17) is 5.73 Å². The lowest BCUT2D eigenvalue weighted by Gasteiger charge is -2.28. The molecule has 1 aliphatic heterocycles. The van der Waals surface area contributed by atoms with E-state index in [-0.39, 0.29) is 0 Å². The number of nitrogen functional groups attached to an aromatic ring is 1. The first-order valence-electron chi connectivity index (χ1n) is 6.22. The van der Waals surface area contributed by atoms with Gasteiger partial charge in [-0.15, -0.1) is 0 Å². The van der Waals surface area contributed by atoms with Gasteiger partial charge in [0.1, 0.15) is 0 Å². The fourth-order valence-corrected chi connectivity index (χ4v) is 2.17. The summed E-state index contributed by atoms with van der Waals surface area (Å²) in [7, 11) is 0. The molecule has 2 rings (SSSR count). The molecule has 1 aromatic rings. The molecule has 0 spiro atoms. The number of benzene rings is 1. The van der Waals surface area contributed by atoms with Crippen LogP contribution in [0.3, 0.4) is 0 Å². The Bertz CT molecular complexity index is 350. The van der Waals surface area contributed by atoms with Gasteiger partial charge in [-0.05, 0) is 24.1 Å². The SMILES string of the molecule is Nc1cccc(C(O)CCN2CCNCC2)c1. The van der Waals surface area contributed by atoms with Crippen molar-refractivity contribution in [2.75, 3.05) is 38.5 Å². The predicted octanol–water partition coefficient (Wildman–Crippen LogP) is 0.597. The molecule has 94 valence electrons. The van der Waals surface area contributed by atoms with Crippen molar-refractivity contribution in [3.05, 3.63) is 29.8 Å². The van der Waals surface area contributed by atoms with Crippen LogP contribution in [0, 0.1) is 0 Å². The highest BCUT2D eigenvalue weighted by Crippen LogP contribution is 2.19. The van der Waals surface area contributed by atoms with Crippen LogP contribution in [-0.2, 0) is 0 Å². The molecule has 4 heteroatoms. The molecular formula is C13H21N3O. The summed E-state index contributed by atoms with van der Waals surface area (Å²) in [6.07, 6.45) is 0.358. The molecule has 1 aliphatic rings. The average molecular weight is 235 g/mol. The van der Waals surface area contributed by atoms with Gasteiger partial charge in [0.25, 0.3) is 0 Å². The van der Waals surface area contributed by atoms with E-state index < -0.39 is 6.10 Å². The predicted molar refractivity (Wildman–Crippen MR) is 69.7 cm³/mol. The summed E-state index contributed by atoms with van der Waals surface area (Å²) in [6.45, 7) is 5.19. The van der Waals surface area contributed by atoms with Crippen molar-refractivity contribution < 1.29 is 5.11 Å². The molecule has 17 heavy (non-hydrogen) atoms. The van der Waals surface area contributed by atoms with Gasteiger partial charge >= 0.3 is 0 Å². The third kappa shape index (κ3) is 3.70. The molecule has 1 heterocycles. The van der Waals surface area contributed by atoms with Crippen LogP contribution >= 0.6 is 0 Å². The molecule has 1 saturated heterocycles. The minimum absolute atomic E-state index is 0.409. The molecule has 0 aromatic heterocycles. The molecule has 4 nitrogen and oxygen atoms in total. The topological polar surface area (TPSA) is 61.5 Å². The number of rotatable bonds is 4. The Morgan fingerprint density at radius 1 is 1.35 bits per heavy atom. The first-order valence-corrected chi connectivity index (χ1v) is 6.22. The summed E-state index contributed by atoms with van der Waals surface area (Å²) in [5, 5.41) is 13.4. The van der Waals surface area contributed by atoms with Crippen LogP contribution in [0.2, 0.25) is 0 Å². The maximum absolute atomic E-state index is 10.1. The minimum Gasteiger partial charge on any atom is -0.399 e. The van der Waals surface area contributed by atoms with Gasteiger partial charge in [0, 0.05) is 38.4 Å². The highest BCUT2D eigenvalue weighted by atomic mass is 16.3. The van der Waals surface area contributed by atoms with E-state index in [0.29, 0.717) is 5.69 Å². The van der Waals surface area contributed by atoms with Crippen molar-refractivity contribution >= 4 is 5.69 Å². The fraction of sp³-hybridized carbons (Fsp3) is 0.538. The normalized spacial score (nSPS) is 19.1. The van der Waals surface area contributed by atoms with Crippen molar-refractivity contribution in [2.45, 2.75) is 12.5 Å². The molecule has 1 aromatic carbocycles. The number of nitrogens with two attached hydrogens (primary N) is 1. The van der Waals surface area contributed by atoms with Gasteiger partial charge in [0.15, 0.2) is 0 Å². The zero-order valence-electron chi connectivity index (χ0n) is 10.1. The summed E-state index contributed by atoms with van der Waals surface area (Å²) >= 11 is 0. The van der Waals surface area contributed by atoms with Crippen LogP contribution in [0.1, 0.15) is 18.1 Å². The van der Waals surface area contributed by atoms with Crippen molar-refractivity contribution in [2.24, 2.45) is 0 Å². The molecule has 1 atom stereocenters. The van der Waals surface area contributed by atoms with E-state index >= 15 is 0 Å². The molecule has 0 aliphatic carbocycles. The lowest BCUT2D eigenvalue weighted by Crippen LogP contribution is -2.44. The Morgan fingerprint density at radius 2 is 2.12 bits per heavy atom. The molecule has 4 N–H and O–H groups in total. The van der Waals surface area contributed by atoms with Crippen molar-refractivity contribution in [3.8, 4) is 0 Å². The highest BCUT2D eigenvalue weighted by molar-refractivity contribution is 5.41. The second kappa shape index (κ2) is 6.00. The molecule has 1 fully saturated rings. The number of hydrogen-bond acceptors (Lipinski definition) is 4. The monoisotopic (exact) mass is 235 g/mol. The standard InChI is InChI=1S/C13H21N3O/c14-12-3-1-2-11(10-12)13(17)4-7-16-8-5-15-6-9-16/h1-3,10,13,15,17H,4-9,14H2. The smallest absolute Gasteiger partial charge is 0.0803 e. The van der Waals surface area contributed by atoms with Gasteiger partial charge in [-0.2, -0.15) is 0 Å². The van der Waals surface area contributed by atoms with E-state index in [2.05, 4.69) is 10.2 Å². The summed E-state index contributed by atoms with van der Waals surface area (Å²) in [6, 6.07) is 7.51. The Morgan fingerprint density at radius 3 is 2.82 bits per heavy atom. The summed E-state index contributed by atoms with van der Waals surface area (Å²) in [5.74, 6) is 0. The van der Waals surface area contributed by atoms with E-state index in [1.54, 1.807) is 0 Å². The Kier molecular flexibility index (Phi) is 4.36. The number of anilines is 1. The van der Waals surface area contributed by atoms with Crippen LogP contribution in [-0.4, -0.2) is 42.7 Å². The highest BCUT2D eigenvalue weighted by Gasteiger charge is 2.13. The number of aliphatic hydroxyl groups is 1. The first-order chi connectivity index (χ1) is 8.25. The number of aliphatic hydroxyl groups excluding tert-OH is 1. The van der Waals surface area contributed by atoms with Crippen molar-refractivity contribution in [1.29, 1.82) is 0 Å². The van der Waals surface area contributed by atoms with E-state index in [0.717, 1.165) is 44.7 Å². The Hall–Kier alpha value is -1.10. The number of hydrogen-bond donors (Lipinski definition) is 3. The summed E-state index contributed by atoms with van der Waals surface area (Å²) < 4.78 is 0. The van der Waals surface area contributed by atoms with Crippen LogP contribution in [0.4, 0.5) is 5.69 Å². The third-order valence-electron chi connectivity index (χ3n) is 3.22. The van der Waals surface area contributed by atoms with Gasteiger partial charge < -0.3 is 21.1 Å². The number of piperazine rings is 1. The lowest BCUT2D eigenvalue weighted by atomic mass is 10.1. The Balaban J connectivity index is 1.82. The van der Waals surface area contributed by atoms with Gasteiger partial charge in [0.05, 0.1) is 6.10 Å². The van der Waals surface area contributed by atoms with Crippen LogP contribution in [0.25, 0.3) is 0 Å². The minimum atomic E-state index is -0.409. The maximum atomic E-state index is 10.1. The van der Waals surface area contributed by atoms with Crippen LogP contribution in [0.5, 0.6) is 0 Å². The molecule has 1 unspecified atom stereocenters. The lowest BCUT2D eigenvalue weighted by molar-refractivity contribution is 0.137. The maximum Gasteiger partial charge on any atom is 0.0803 e. The van der Waals surface area contributed by atoms with Gasteiger partial charge in [-0.1, -0.05) is 12.1 Å². The number of nitrogens with zero attached hydrogens (tertiary/aromatic N) is 1. The second-order valence-corrected chi connectivity index (χ2v) is 4.57. The zero-order chi connectivity index (χ0) is 12.1. The summed E-state index contributed by atoms with van der Waals surface area (Å²) in [4.78, 5) is 2.38. The quantitative estimate of drug-likeness (QED) is 0.669. The summed E-state index contributed by atoms with van der Waals surface area (Å²) in [5.41, 5.74) is 7.33. The van der Waals surface area contributed by atoms with Crippen LogP contribution < -0.4 is 11.1 Å². The average Bonchev–Trinajstić information content (AvgIpc) is 2.37. The third-order valence-corrected chi connectivity index (χ3v) is 3.22. The van der Waals surface area contributed by atoms with Crippen LogP contribution in [0.15, 0.2) is 24.3 Å². The van der Waals surface area contributed by atoms with Crippen molar-refractivity contribution in [1.82, 2.24) is 10.2 Å². The molecule has 0 amide bonds. The van der Waals surface area contributed by atoms with E-state index in [9.17, 15) is 5.11 Å². The molecule has 0 saturated carbocycles. The second-order valence-electron chi connectivity index (χ2n) is 4.57. The van der Waals surface area contributed by atoms with E-state index in [1.165, 1.54) is 0 Å². The molecular weight excluding hydrogens is 214 g/mol. The van der Waals surface area contributed by atoms with Gasteiger partial charge in [-0.25, -0.2) is 0 Å². The number of nitrogens with one attached hydrogen (secondary N) is 1. The van der Waals surface area contributed by atoms with Gasteiger partial charge in [0.2, 0.25) is 0 Å². The first kappa shape index (κ1) is 12.4. The zero-order valence-corrected chi connectivity index (χ0v) is 10.1. The fourth-order valence-electron chi connectivity index (χ4n) is 2.17. The molecule has 0 bridgehead atoms. The Labute approximate surface area is 102 Å².